The SMILES string of the molecule is O=C(Oc1cccc(OC2CC2)c1)C1(c2cccnc2)CCC1. The average molecular weight is 309 g/mol. The van der Waals surface area contributed by atoms with Gasteiger partial charge in [0.25, 0.3) is 0 Å². The number of carbonyl (C=O) groups excluding carboxylic acids is 1. The minimum atomic E-state index is -0.540. The maximum absolute atomic E-state index is 12.8. The lowest BCUT2D eigenvalue weighted by Gasteiger charge is -2.39. The summed E-state index contributed by atoms with van der Waals surface area (Å²) < 4.78 is 11.4. The monoisotopic (exact) mass is 309 g/mol. The van der Waals surface area contributed by atoms with Gasteiger partial charge < -0.3 is 9.47 Å². The Bertz CT molecular complexity index is 706. The van der Waals surface area contributed by atoms with Crippen LogP contribution in [0.2, 0.25) is 0 Å². The molecule has 2 aliphatic carbocycles. The number of pyridine rings is 1. The molecule has 0 amide bonds. The van der Waals surface area contributed by atoms with E-state index in [1.165, 1.54) is 0 Å². The van der Waals surface area contributed by atoms with Gasteiger partial charge in [0.15, 0.2) is 0 Å². The van der Waals surface area contributed by atoms with Crippen LogP contribution < -0.4 is 9.47 Å². The van der Waals surface area contributed by atoms with Gasteiger partial charge in [0.2, 0.25) is 0 Å². The quantitative estimate of drug-likeness (QED) is 0.625. The standard InChI is InChI=1S/C19H19NO3/c21-18(19(9-3-10-19)14-4-2-11-20-13-14)23-17-6-1-5-16(12-17)22-15-7-8-15/h1-2,4-6,11-13,15H,3,7-10H2. The van der Waals surface area contributed by atoms with E-state index in [1.54, 1.807) is 24.5 Å². The van der Waals surface area contributed by atoms with Crippen molar-refractivity contribution < 1.29 is 14.3 Å². The Hall–Kier alpha value is -2.36. The number of ether oxygens (including phenoxy) is 2. The van der Waals surface area contributed by atoms with Crippen molar-refractivity contribution in [3.8, 4) is 11.5 Å². The average Bonchev–Trinajstić information content (AvgIpc) is 3.31. The van der Waals surface area contributed by atoms with Gasteiger partial charge in [-0.15, -0.1) is 0 Å². The highest BCUT2D eigenvalue weighted by atomic mass is 16.5. The van der Waals surface area contributed by atoms with Gasteiger partial charge in [-0.25, -0.2) is 0 Å². The van der Waals surface area contributed by atoms with Crippen LogP contribution in [0.5, 0.6) is 11.5 Å². The Labute approximate surface area is 135 Å². The van der Waals surface area contributed by atoms with E-state index in [1.807, 2.05) is 24.3 Å². The molecule has 2 aromatic rings. The van der Waals surface area contributed by atoms with E-state index in [-0.39, 0.29) is 5.97 Å². The number of rotatable bonds is 5. The summed E-state index contributed by atoms with van der Waals surface area (Å²) in [7, 11) is 0. The van der Waals surface area contributed by atoms with Crippen LogP contribution in [0.15, 0.2) is 48.8 Å². The van der Waals surface area contributed by atoms with E-state index in [0.717, 1.165) is 43.4 Å². The molecule has 23 heavy (non-hydrogen) atoms. The minimum Gasteiger partial charge on any atom is -0.490 e. The molecule has 4 heteroatoms. The molecular weight excluding hydrogens is 290 g/mol. The lowest BCUT2D eigenvalue weighted by atomic mass is 9.65. The molecule has 1 aromatic carbocycles. The zero-order valence-corrected chi connectivity index (χ0v) is 12.9. The summed E-state index contributed by atoms with van der Waals surface area (Å²) in [5.41, 5.74) is 0.406. The van der Waals surface area contributed by atoms with Crippen LogP contribution in [-0.4, -0.2) is 17.1 Å². The van der Waals surface area contributed by atoms with Crippen LogP contribution in [0.25, 0.3) is 0 Å². The molecular formula is C19H19NO3. The molecule has 4 nitrogen and oxygen atoms in total. The van der Waals surface area contributed by atoms with E-state index in [0.29, 0.717) is 11.9 Å². The molecule has 118 valence electrons. The smallest absolute Gasteiger partial charge is 0.322 e. The second-order valence-electron chi connectivity index (χ2n) is 6.36. The molecule has 0 saturated heterocycles. The third-order valence-electron chi connectivity index (χ3n) is 4.66. The van der Waals surface area contributed by atoms with Gasteiger partial charge in [0.05, 0.1) is 11.5 Å². The van der Waals surface area contributed by atoms with Crippen LogP contribution in [0, 0.1) is 0 Å². The van der Waals surface area contributed by atoms with Crippen LogP contribution in [-0.2, 0) is 10.2 Å². The van der Waals surface area contributed by atoms with Crippen LogP contribution >= 0.6 is 0 Å². The number of hydrogen-bond acceptors (Lipinski definition) is 4. The zero-order chi connectivity index (χ0) is 15.7. The van der Waals surface area contributed by atoms with Crippen LogP contribution in [0.4, 0.5) is 0 Å². The first-order valence-electron chi connectivity index (χ1n) is 8.16. The first-order valence-corrected chi connectivity index (χ1v) is 8.16. The fourth-order valence-corrected chi connectivity index (χ4v) is 2.98. The third-order valence-corrected chi connectivity index (χ3v) is 4.66. The van der Waals surface area contributed by atoms with E-state index in [9.17, 15) is 4.79 Å². The van der Waals surface area contributed by atoms with Crippen molar-refractivity contribution in [3.05, 3.63) is 54.4 Å². The van der Waals surface area contributed by atoms with Crippen molar-refractivity contribution in [1.29, 1.82) is 0 Å². The molecule has 2 saturated carbocycles. The lowest BCUT2D eigenvalue weighted by Crippen LogP contribution is -2.45. The largest absolute Gasteiger partial charge is 0.490 e. The summed E-state index contributed by atoms with van der Waals surface area (Å²) in [6.07, 6.45) is 8.70. The Morgan fingerprint density at radius 1 is 1.13 bits per heavy atom. The number of benzene rings is 1. The number of aromatic nitrogens is 1. The summed E-state index contributed by atoms with van der Waals surface area (Å²) in [4.78, 5) is 16.9. The summed E-state index contributed by atoms with van der Waals surface area (Å²) >= 11 is 0. The molecule has 0 bridgehead atoms. The Kier molecular flexibility index (Phi) is 3.52. The first-order chi connectivity index (χ1) is 11.3. The van der Waals surface area contributed by atoms with E-state index in [4.69, 9.17) is 9.47 Å². The van der Waals surface area contributed by atoms with Crippen molar-refractivity contribution in [2.24, 2.45) is 0 Å². The molecule has 0 atom stereocenters. The van der Waals surface area contributed by atoms with Crippen LogP contribution in [0.1, 0.15) is 37.7 Å². The van der Waals surface area contributed by atoms with Crippen molar-refractivity contribution in [3.63, 3.8) is 0 Å². The Balaban J connectivity index is 1.52. The van der Waals surface area contributed by atoms with E-state index in [2.05, 4.69) is 4.98 Å². The molecule has 0 spiro atoms. The summed E-state index contributed by atoms with van der Waals surface area (Å²) in [5.74, 6) is 1.12. The molecule has 2 fully saturated rings. The molecule has 0 aliphatic heterocycles. The van der Waals surface area contributed by atoms with Crippen molar-refractivity contribution in [2.75, 3.05) is 0 Å². The Morgan fingerprint density at radius 3 is 2.61 bits per heavy atom. The van der Waals surface area contributed by atoms with E-state index >= 15 is 0 Å². The van der Waals surface area contributed by atoms with Gasteiger partial charge in [0, 0.05) is 18.5 Å². The number of esters is 1. The molecule has 4 rings (SSSR count). The topological polar surface area (TPSA) is 48.4 Å². The molecule has 1 heterocycles. The molecule has 0 unspecified atom stereocenters. The fraction of sp³-hybridized carbons (Fsp3) is 0.368. The van der Waals surface area contributed by atoms with Gasteiger partial charge in [-0.05, 0) is 49.4 Å². The van der Waals surface area contributed by atoms with Gasteiger partial charge in [-0.3, -0.25) is 9.78 Å². The van der Waals surface area contributed by atoms with Gasteiger partial charge >= 0.3 is 5.97 Å². The number of carbonyl (C=O) groups is 1. The predicted molar refractivity (Wildman–Crippen MR) is 85.5 cm³/mol. The maximum Gasteiger partial charge on any atom is 0.322 e. The number of nitrogens with zero attached hydrogens (tertiary/aromatic N) is 1. The highest BCUT2D eigenvalue weighted by molar-refractivity contribution is 5.86. The van der Waals surface area contributed by atoms with Crippen molar-refractivity contribution in [1.82, 2.24) is 4.98 Å². The normalized spacial score (nSPS) is 18.8. The van der Waals surface area contributed by atoms with Crippen LogP contribution in [0.3, 0.4) is 0 Å². The second-order valence-corrected chi connectivity index (χ2v) is 6.36. The summed E-state index contributed by atoms with van der Waals surface area (Å²) in [5, 5.41) is 0. The third kappa shape index (κ3) is 2.81. The molecule has 0 radical (unpaired) electrons. The molecule has 1 aromatic heterocycles. The highest BCUT2D eigenvalue weighted by Gasteiger charge is 2.47. The molecule has 2 aliphatic rings. The zero-order valence-electron chi connectivity index (χ0n) is 12.9. The Morgan fingerprint density at radius 2 is 1.96 bits per heavy atom. The summed E-state index contributed by atoms with van der Waals surface area (Å²) in [6, 6.07) is 11.2. The van der Waals surface area contributed by atoms with Gasteiger partial charge in [-0.2, -0.15) is 0 Å². The van der Waals surface area contributed by atoms with Gasteiger partial charge in [0.1, 0.15) is 11.5 Å². The minimum absolute atomic E-state index is 0.194. The number of hydrogen-bond donors (Lipinski definition) is 0. The van der Waals surface area contributed by atoms with Crippen molar-refractivity contribution in [2.45, 2.75) is 43.6 Å². The molecule has 0 N–H and O–H groups in total. The second kappa shape index (κ2) is 5.69. The van der Waals surface area contributed by atoms with Gasteiger partial charge in [-0.1, -0.05) is 18.6 Å². The maximum atomic E-state index is 12.8. The fourth-order valence-electron chi connectivity index (χ4n) is 2.98. The lowest BCUT2D eigenvalue weighted by molar-refractivity contribution is -0.144. The predicted octanol–water partition coefficient (Wildman–Crippen LogP) is 3.65. The van der Waals surface area contributed by atoms with Crippen molar-refractivity contribution >= 4 is 5.97 Å². The first kappa shape index (κ1) is 14.2. The summed E-state index contributed by atoms with van der Waals surface area (Å²) in [6.45, 7) is 0. The van der Waals surface area contributed by atoms with E-state index < -0.39 is 5.41 Å². The highest BCUT2D eigenvalue weighted by Crippen LogP contribution is 2.44.